The van der Waals surface area contributed by atoms with E-state index in [0.29, 0.717) is 12.1 Å². The predicted octanol–water partition coefficient (Wildman–Crippen LogP) is 2.16. The lowest BCUT2D eigenvalue weighted by atomic mass is 9.79. The fourth-order valence-corrected chi connectivity index (χ4v) is 3.50. The summed E-state index contributed by atoms with van der Waals surface area (Å²) in [7, 11) is 3.47. The molecule has 0 saturated heterocycles. The van der Waals surface area contributed by atoms with Crippen molar-refractivity contribution in [3.05, 3.63) is 24.3 Å². The molecule has 1 aromatic rings. The van der Waals surface area contributed by atoms with Crippen LogP contribution in [0.15, 0.2) is 29.3 Å². The number of hydrogen-bond donors (Lipinski definition) is 1. The molecule has 1 fully saturated rings. The van der Waals surface area contributed by atoms with Crippen LogP contribution in [0.5, 0.6) is 5.75 Å². The number of anilines is 1. The van der Waals surface area contributed by atoms with Gasteiger partial charge in [0, 0.05) is 12.8 Å². The van der Waals surface area contributed by atoms with Gasteiger partial charge in [0.1, 0.15) is 5.75 Å². The fraction of sp³-hybridized carbons (Fsp3) is 0.562. The molecule has 0 bridgehead atoms. The third-order valence-electron chi connectivity index (χ3n) is 4.77. The second kappa shape index (κ2) is 5.56. The monoisotopic (exact) mass is 289 g/mol. The highest BCUT2D eigenvalue weighted by molar-refractivity contribution is 5.98. The minimum atomic E-state index is 0.0215. The summed E-state index contributed by atoms with van der Waals surface area (Å²) < 4.78 is 10.7. The Hall–Kier alpha value is -1.75. The number of ether oxygens (including phenoxy) is 2. The quantitative estimate of drug-likeness (QED) is 0.926. The van der Waals surface area contributed by atoms with Crippen LogP contribution in [0.2, 0.25) is 0 Å². The molecule has 21 heavy (non-hydrogen) atoms. The highest BCUT2D eigenvalue weighted by Gasteiger charge is 2.45. The van der Waals surface area contributed by atoms with E-state index < -0.39 is 0 Å². The molecule has 5 nitrogen and oxygen atoms in total. The maximum atomic E-state index is 6.17. The van der Waals surface area contributed by atoms with Crippen LogP contribution in [0, 0.1) is 0 Å². The van der Waals surface area contributed by atoms with Crippen molar-refractivity contribution in [3.63, 3.8) is 0 Å². The second-order valence-corrected chi connectivity index (χ2v) is 5.87. The molecule has 0 amide bonds. The number of methoxy groups -OCH3 is 2. The molecule has 0 atom stereocenters. The first-order valence-electron chi connectivity index (χ1n) is 7.45. The number of nitrogens with two attached hydrogens (primary N) is 1. The summed E-state index contributed by atoms with van der Waals surface area (Å²) in [6.45, 7) is 0.779. The van der Waals surface area contributed by atoms with Crippen molar-refractivity contribution < 1.29 is 9.47 Å². The topological polar surface area (TPSA) is 60.1 Å². The van der Waals surface area contributed by atoms with E-state index in [1.807, 2.05) is 12.1 Å². The Bertz CT molecular complexity index is 519. The Kier molecular flexibility index (Phi) is 3.76. The van der Waals surface area contributed by atoms with Gasteiger partial charge in [-0.2, -0.15) is 0 Å². The van der Waals surface area contributed by atoms with Gasteiger partial charge in [-0.25, -0.2) is 0 Å². The van der Waals surface area contributed by atoms with Crippen LogP contribution in [-0.2, 0) is 4.74 Å². The zero-order valence-electron chi connectivity index (χ0n) is 12.7. The average molecular weight is 289 g/mol. The first-order chi connectivity index (χ1) is 10.2. The van der Waals surface area contributed by atoms with E-state index in [1.165, 1.54) is 0 Å². The average Bonchev–Trinajstić information content (AvgIpc) is 2.85. The highest BCUT2D eigenvalue weighted by atomic mass is 16.5. The summed E-state index contributed by atoms with van der Waals surface area (Å²) in [5.41, 5.74) is 7.28. The van der Waals surface area contributed by atoms with Crippen LogP contribution in [0.4, 0.5) is 5.69 Å². The molecule has 1 aliphatic carbocycles. The van der Waals surface area contributed by atoms with Crippen LogP contribution < -0.4 is 15.4 Å². The van der Waals surface area contributed by atoms with E-state index in [0.717, 1.165) is 43.7 Å². The van der Waals surface area contributed by atoms with Crippen molar-refractivity contribution in [2.45, 2.75) is 37.3 Å². The van der Waals surface area contributed by atoms with Gasteiger partial charge in [-0.3, -0.25) is 4.99 Å². The summed E-state index contributed by atoms with van der Waals surface area (Å²) in [6.07, 6.45) is 4.61. The van der Waals surface area contributed by atoms with Gasteiger partial charge in [-0.1, -0.05) is 0 Å². The van der Waals surface area contributed by atoms with Gasteiger partial charge < -0.3 is 20.1 Å². The van der Waals surface area contributed by atoms with Gasteiger partial charge in [-0.05, 0) is 49.9 Å². The minimum absolute atomic E-state index is 0.0215. The van der Waals surface area contributed by atoms with E-state index in [-0.39, 0.29) is 5.54 Å². The molecule has 2 N–H and O–H groups in total. The Balaban J connectivity index is 1.85. The number of aliphatic imine (C=N–C) groups is 1. The molecule has 1 spiro atoms. The molecule has 3 rings (SSSR count). The van der Waals surface area contributed by atoms with Crippen LogP contribution in [-0.4, -0.2) is 38.4 Å². The predicted molar refractivity (Wildman–Crippen MR) is 84.0 cm³/mol. The molecule has 0 aromatic heterocycles. The SMILES string of the molecule is COc1ccc(N2C(N)=NCC23CCC(OC)CC3)cc1. The summed E-state index contributed by atoms with van der Waals surface area (Å²) in [5.74, 6) is 1.47. The first-order valence-corrected chi connectivity index (χ1v) is 7.45. The van der Waals surface area contributed by atoms with Gasteiger partial charge in [0.2, 0.25) is 0 Å². The summed E-state index contributed by atoms with van der Waals surface area (Å²) in [6, 6.07) is 8.04. The van der Waals surface area contributed by atoms with Crippen molar-refractivity contribution >= 4 is 11.6 Å². The number of nitrogens with zero attached hydrogens (tertiary/aromatic N) is 2. The Labute approximate surface area is 125 Å². The van der Waals surface area contributed by atoms with Crippen molar-refractivity contribution in [3.8, 4) is 5.75 Å². The lowest BCUT2D eigenvalue weighted by Gasteiger charge is -2.43. The fourth-order valence-electron chi connectivity index (χ4n) is 3.50. The second-order valence-electron chi connectivity index (χ2n) is 5.87. The standard InChI is InChI=1S/C16H23N3O2/c1-20-13-5-3-12(4-6-13)19-15(17)18-11-16(19)9-7-14(21-2)8-10-16/h3-6,14H,7-11H2,1-2H3,(H2,17,18). The summed E-state index contributed by atoms with van der Waals surface area (Å²) in [5, 5.41) is 0. The van der Waals surface area contributed by atoms with Crippen molar-refractivity contribution in [1.29, 1.82) is 0 Å². The molecule has 0 unspecified atom stereocenters. The molecule has 1 heterocycles. The molecule has 5 heteroatoms. The highest BCUT2D eigenvalue weighted by Crippen LogP contribution is 2.40. The van der Waals surface area contributed by atoms with Gasteiger partial charge in [-0.15, -0.1) is 0 Å². The maximum absolute atomic E-state index is 6.17. The zero-order chi connectivity index (χ0) is 14.9. The number of hydrogen-bond acceptors (Lipinski definition) is 5. The third-order valence-corrected chi connectivity index (χ3v) is 4.77. The maximum Gasteiger partial charge on any atom is 0.196 e. The van der Waals surface area contributed by atoms with Crippen molar-refractivity contribution in [2.75, 3.05) is 25.7 Å². The number of guanidine groups is 1. The summed E-state index contributed by atoms with van der Waals surface area (Å²) in [4.78, 5) is 6.72. The third kappa shape index (κ3) is 2.46. The minimum Gasteiger partial charge on any atom is -0.497 e. The number of rotatable bonds is 3. The lowest BCUT2D eigenvalue weighted by Crippen LogP contribution is -2.54. The van der Waals surface area contributed by atoms with Crippen LogP contribution >= 0.6 is 0 Å². The molecular formula is C16H23N3O2. The summed E-state index contributed by atoms with van der Waals surface area (Å²) >= 11 is 0. The van der Waals surface area contributed by atoms with E-state index >= 15 is 0 Å². The Morgan fingerprint density at radius 2 is 1.86 bits per heavy atom. The molecular weight excluding hydrogens is 266 g/mol. The molecule has 1 aromatic carbocycles. The van der Waals surface area contributed by atoms with Gasteiger partial charge >= 0.3 is 0 Å². The normalized spacial score (nSPS) is 28.8. The Morgan fingerprint density at radius 3 is 2.43 bits per heavy atom. The van der Waals surface area contributed by atoms with Crippen LogP contribution in [0.3, 0.4) is 0 Å². The van der Waals surface area contributed by atoms with Gasteiger partial charge in [0.15, 0.2) is 5.96 Å². The van der Waals surface area contributed by atoms with Crippen LogP contribution in [0.1, 0.15) is 25.7 Å². The molecule has 1 aliphatic heterocycles. The molecule has 114 valence electrons. The smallest absolute Gasteiger partial charge is 0.196 e. The largest absolute Gasteiger partial charge is 0.497 e. The molecule has 2 aliphatic rings. The van der Waals surface area contributed by atoms with Crippen molar-refractivity contribution in [1.82, 2.24) is 0 Å². The van der Waals surface area contributed by atoms with Gasteiger partial charge in [0.25, 0.3) is 0 Å². The zero-order valence-corrected chi connectivity index (χ0v) is 12.7. The molecule has 0 radical (unpaired) electrons. The number of benzene rings is 1. The van der Waals surface area contributed by atoms with E-state index in [4.69, 9.17) is 15.2 Å². The first kappa shape index (κ1) is 14.2. The molecule has 1 saturated carbocycles. The lowest BCUT2D eigenvalue weighted by molar-refractivity contribution is 0.0532. The van der Waals surface area contributed by atoms with Gasteiger partial charge in [0.05, 0.1) is 25.3 Å². The van der Waals surface area contributed by atoms with Crippen LogP contribution in [0.25, 0.3) is 0 Å². The Morgan fingerprint density at radius 1 is 1.19 bits per heavy atom. The van der Waals surface area contributed by atoms with E-state index in [2.05, 4.69) is 22.0 Å². The van der Waals surface area contributed by atoms with Crippen molar-refractivity contribution in [2.24, 2.45) is 10.7 Å². The van der Waals surface area contributed by atoms with E-state index in [9.17, 15) is 0 Å². The van der Waals surface area contributed by atoms with E-state index in [1.54, 1.807) is 14.2 Å².